The number of halogens is 1. The molecule has 29 heavy (non-hydrogen) atoms. The first-order chi connectivity index (χ1) is 14.0. The van der Waals surface area contributed by atoms with E-state index in [2.05, 4.69) is 34.2 Å². The molecule has 2 heterocycles. The van der Waals surface area contributed by atoms with Crippen LogP contribution in [0.5, 0.6) is 0 Å². The summed E-state index contributed by atoms with van der Waals surface area (Å²) in [6, 6.07) is 11.0. The second-order valence-corrected chi connectivity index (χ2v) is 9.16. The highest BCUT2D eigenvalue weighted by Gasteiger charge is 2.29. The number of amides is 1. The summed E-state index contributed by atoms with van der Waals surface area (Å²) in [7, 11) is 0. The van der Waals surface area contributed by atoms with Gasteiger partial charge >= 0.3 is 0 Å². The van der Waals surface area contributed by atoms with Crippen LogP contribution in [0.2, 0.25) is 0 Å². The third kappa shape index (κ3) is 4.59. The maximum atomic E-state index is 13.1. The molecule has 0 aliphatic carbocycles. The summed E-state index contributed by atoms with van der Waals surface area (Å²) in [5, 5.41) is 3.12. The molecular formula is C23H28FN3OS. The Morgan fingerprint density at radius 2 is 1.72 bits per heavy atom. The van der Waals surface area contributed by atoms with Gasteiger partial charge in [0.05, 0.1) is 10.9 Å². The molecular weight excluding hydrogens is 385 g/mol. The van der Waals surface area contributed by atoms with Crippen LogP contribution in [-0.4, -0.2) is 48.8 Å². The predicted molar refractivity (Wildman–Crippen MR) is 118 cm³/mol. The lowest BCUT2D eigenvalue weighted by atomic mass is 10.1. The number of fused-ring (bicyclic) bond motifs is 1. The molecule has 0 bridgehead atoms. The number of carbonyl (C=O) groups excluding carboxylic acids is 1. The van der Waals surface area contributed by atoms with Crippen molar-refractivity contribution in [3.05, 3.63) is 53.3 Å². The van der Waals surface area contributed by atoms with Crippen LogP contribution in [0.15, 0.2) is 41.3 Å². The van der Waals surface area contributed by atoms with E-state index >= 15 is 0 Å². The number of aryl methyl sites for hydroxylation is 2. The van der Waals surface area contributed by atoms with Gasteiger partial charge in [0, 0.05) is 36.8 Å². The van der Waals surface area contributed by atoms with Gasteiger partial charge in [-0.2, -0.15) is 0 Å². The van der Waals surface area contributed by atoms with Crippen LogP contribution in [0.3, 0.4) is 0 Å². The first-order valence-electron chi connectivity index (χ1n) is 10.3. The molecule has 0 saturated carbocycles. The predicted octanol–water partition coefficient (Wildman–Crippen LogP) is 4.46. The van der Waals surface area contributed by atoms with Crippen molar-refractivity contribution in [2.75, 3.05) is 42.9 Å². The molecule has 1 atom stereocenters. The van der Waals surface area contributed by atoms with E-state index in [4.69, 9.17) is 0 Å². The van der Waals surface area contributed by atoms with Crippen LogP contribution in [0.25, 0.3) is 0 Å². The standard InChI is InChI=1S/C23H28FN3OS/c1-16-5-6-17(2)22-21(16)25-23(28)20(29-22)4-3-11-26-12-14-27(15-13-26)19-9-7-18(24)8-10-19/h5-10,20H,3-4,11-15H2,1-2H3,(H,25,28). The highest BCUT2D eigenvalue weighted by molar-refractivity contribution is 8.01. The van der Waals surface area contributed by atoms with Gasteiger partial charge in [-0.15, -0.1) is 11.8 Å². The Labute approximate surface area is 176 Å². The number of rotatable bonds is 5. The zero-order valence-electron chi connectivity index (χ0n) is 17.1. The van der Waals surface area contributed by atoms with E-state index in [-0.39, 0.29) is 17.0 Å². The van der Waals surface area contributed by atoms with Gasteiger partial charge < -0.3 is 10.2 Å². The quantitative estimate of drug-likeness (QED) is 0.785. The number of nitrogens with one attached hydrogen (secondary N) is 1. The third-order valence-electron chi connectivity index (χ3n) is 5.87. The molecule has 4 rings (SSSR count). The Balaban J connectivity index is 1.25. The molecule has 154 valence electrons. The lowest BCUT2D eigenvalue weighted by molar-refractivity contribution is -0.116. The second-order valence-electron chi connectivity index (χ2n) is 7.95. The van der Waals surface area contributed by atoms with E-state index in [1.165, 1.54) is 22.6 Å². The first kappa shape index (κ1) is 20.2. The third-order valence-corrected chi connectivity index (χ3v) is 7.36. The summed E-state index contributed by atoms with van der Waals surface area (Å²) in [5.41, 5.74) is 4.44. The Morgan fingerprint density at radius 1 is 1.03 bits per heavy atom. The van der Waals surface area contributed by atoms with Crippen molar-refractivity contribution in [2.45, 2.75) is 36.8 Å². The van der Waals surface area contributed by atoms with Crippen LogP contribution in [0.1, 0.15) is 24.0 Å². The molecule has 1 amide bonds. The van der Waals surface area contributed by atoms with E-state index in [0.717, 1.165) is 62.5 Å². The van der Waals surface area contributed by atoms with Gasteiger partial charge in [0.1, 0.15) is 5.82 Å². The zero-order valence-corrected chi connectivity index (χ0v) is 17.9. The lowest BCUT2D eigenvalue weighted by Gasteiger charge is -2.36. The average Bonchev–Trinajstić information content (AvgIpc) is 2.73. The average molecular weight is 414 g/mol. The minimum absolute atomic E-state index is 0.0106. The normalized spacial score (nSPS) is 19.8. The molecule has 6 heteroatoms. The number of piperazine rings is 1. The number of thioether (sulfide) groups is 1. The van der Waals surface area contributed by atoms with Crippen molar-refractivity contribution in [3.63, 3.8) is 0 Å². The monoisotopic (exact) mass is 413 g/mol. The van der Waals surface area contributed by atoms with E-state index in [0.29, 0.717) is 0 Å². The van der Waals surface area contributed by atoms with Crippen molar-refractivity contribution in [2.24, 2.45) is 0 Å². The van der Waals surface area contributed by atoms with E-state index in [1.807, 2.05) is 19.1 Å². The fourth-order valence-electron chi connectivity index (χ4n) is 4.06. The molecule has 1 saturated heterocycles. The largest absolute Gasteiger partial charge is 0.369 e. The number of anilines is 2. The maximum absolute atomic E-state index is 13.1. The number of carbonyl (C=O) groups is 1. The molecule has 1 unspecified atom stereocenters. The molecule has 1 fully saturated rings. The van der Waals surface area contributed by atoms with Crippen LogP contribution in [0, 0.1) is 19.7 Å². The van der Waals surface area contributed by atoms with Crippen molar-refractivity contribution in [1.82, 2.24) is 4.90 Å². The maximum Gasteiger partial charge on any atom is 0.237 e. The molecule has 2 aromatic rings. The topological polar surface area (TPSA) is 35.6 Å². The molecule has 4 nitrogen and oxygen atoms in total. The molecule has 0 aromatic heterocycles. The van der Waals surface area contributed by atoms with Crippen LogP contribution >= 0.6 is 11.8 Å². The Morgan fingerprint density at radius 3 is 2.45 bits per heavy atom. The summed E-state index contributed by atoms with van der Waals surface area (Å²) >= 11 is 1.72. The summed E-state index contributed by atoms with van der Waals surface area (Å²) in [6.45, 7) is 9.09. The van der Waals surface area contributed by atoms with E-state index < -0.39 is 0 Å². The van der Waals surface area contributed by atoms with Crippen molar-refractivity contribution < 1.29 is 9.18 Å². The number of hydrogen-bond acceptors (Lipinski definition) is 4. The molecule has 2 aliphatic heterocycles. The first-order valence-corrected chi connectivity index (χ1v) is 11.2. The van der Waals surface area contributed by atoms with Gasteiger partial charge in [-0.05, 0) is 68.6 Å². The Hall–Kier alpha value is -2.05. The van der Waals surface area contributed by atoms with Gasteiger partial charge in [-0.1, -0.05) is 12.1 Å². The lowest BCUT2D eigenvalue weighted by Crippen LogP contribution is -2.46. The summed E-state index contributed by atoms with van der Waals surface area (Å²) in [4.78, 5) is 18.5. The number of benzene rings is 2. The fraction of sp³-hybridized carbons (Fsp3) is 0.435. The van der Waals surface area contributed by atoms with Crippen LogP contribution < -0.4 is 10.2 Å². The van der Waals surface area contributed by atoms with E-state index in [9.17, 15) is 9.18 Å². The summed E-state index contributed by atoms with van der Waals surface area (Å²) in [5.74, 6) is -0.0534. The molecule has 1 N–H and O–H groups in total. The molecule has 2 aromatic carbocycles. The summed E-state index contributed by atoms with van der Waals surface area (Å²) in [6.07, 6.45) is 1.91. The van der Waals surface area contributed by atoms with Gasteiger partial charge in [0.15, 0.2) is 0 Å². The van der Waals surface area contributed by atoms with Gasteiger partial charge in [0.2, 0.25) is 5.91 Å². The van der Waals surface area contributed by atoms with Crippen LogP contribution in [-0.2, 0) is 4.79 Å². The minimum atomic E-state index is -0.190. The van der Waals surface area contributed by atoms with Crippen molar-refractivity contribution >= 4 is 29.0 Å². The Bertz CT molecular complexity index is 878. The molecule has 0 radical (unpaired) electrons. The highest BCUT2D eigenvalue weighted by atomic mass is 32.2. The van der Waals surface area contributed by atoms with Crippen molar-refractivity contribution in [3.8, 4) is 0 Å². The smallest absolute Gasteiger partial charge is 0.237 e. The minimum Gasteiger partial charge on any atom is -0.369 e. The molecule has 2 aliphatic rings. The molecule has 0 spiro atoms. The van der Waals surface area contributed by atoms with Gasteiger partial charge in [0.25, 0.3) is 0 Å². The van der Waals surface area contributed by atoms with Gasteiger partial charge in [-0.3, -0.25) is 9.69 Å². The van der Waals surface area contributed by atoms with Crippen molar-refractivity contribution in [1.29, 1.82) is 0 Å². The highest BCUT2D eigenvalue weighted by Crippen LogP contribution is 2.41. The number of nitrogens with zero attached hydrogens (tertiary/aromatic N) is 2. The van der Waals surface area contributed by atoms with Crippen LogP contribution in [0.4, 0.5) is 15.8 Å². The summed E-state index contributed by atoms with van der Waals surface area (Å²) < 4.78 is 13.1. The SMILES string of the molecule is Cc1ccc(C)c2c1NC(=O)C(CCCN1CCN(c3ccc(F)cc3)CC1)S2. The Kier molecular flexibility index (Phi) is 6.11. The van der Waals surface area contributed by atoms with E-state index in [1.54, 1.807) is 11.8 Å². The zero-order chi connectivity index (χ0) is 20.4. The van der Waals surface area contributed by atoms with Gasteiger partial charge in [-0.25, -0.2) is 4.39 Å². The number of hydrogen-bond donors (Lipinski definition) is 1. The second kappa shape index (κ2) is 8.76. The fourth-order valence-corrected chi connectivity index (χ4v) is 5.38.